The summed E-state index contributed by atoms with van der Waals surface area (Å²) in [4.78, 5) is 13.6. The van der Waals surface area contributed by atoms with E-state index in [0.717, 1.165) is 18.2 Å². The van der Waals surface area contributed by atoms with Crippen molar-refractivity contribution in [3.8, 4) is 0 Å². The van der Waals surface area contributed by atoms with Crippen LogP contribution in [-0.4, -0.2) is 30.1 Å². The quantitative estimate of drug-likeness (QED) is 0.753. The second-order valence-electron chi connectivity index (χ2n) is 6.28. The zero-order chi connectivity index (χ0) is 16.8. The molecule has 1 aliphatic carbocycles. The molecular formula is C16H16F5NO. The number of alkyl halides is 3. The molecule has 2 fully saturated rings. The van der Waals surface area contributed by atoms with Crippen molar-refractivity contribution in [2.45, 2.75) is 31.4 Å². The molecule has 0 N–H and O–H groups in total. The van der Waals surface area contributed by atoms with Gasteiger partial charge in [0.1, 0.15) is 11.6 Å². The van der Waals surface area contributed by atoms with Crippen LogP contribution in [0, 0.1) is 23.5 Å². The Morgan fingerprint density at radius 3 is 2.65 bits per heavy atom. The predicted molar refractivity (Wildman–Crippen MR) is 72.6 cm³/mol. The van der Waals surface area contributed by atoms with Gasteiger partial charge in [0, 0.05) is 19.0 Å². The van der Waals surface area contributed by atoms with E-state index in [1.54, 1.807) is 0 Å². The van der Waals surface area contributed by atoms with E-state index < -0.39 is 35.6 Å². The Bertz CT molecular complexity index is 615. The van der Waals surface area contributed by atoms with Gasteiger partial charge in [-0.05, 0) is 48.9 Å². The van der Waals surface area contributed by atoms with Crippen molar-refractivity contribution < 1.29 is 26.7 Å². The third-order valence-corrected chi connectivity index (χ3v) is 4.66. The Labute approximate surface area is 130 Å². The average molecular weight is 333 g/mol. The fraction of sp³-hybridized carbons (Fsp3) is 0.562. The first kappa shape index (κ1) is 16.2. The zero-order valence-electron chi connectivity index (χ0n) is 12.2. The van der Waals surface area contributed by atoms with Crippen molar-refractivity contribution in [3.63, 3.8) is 0 Å². The molecule has 0 radical (unpaired) electrons. The van der Waals surface area contributed by atoms with Gasteiger partial charge in [-0.2, -0.15) is 13.2 Å². The Morgan fingerprint density at radius 1 is 1.22 bits per heavy atom. The van der Waals surface area contributed by atoms with Crippen LogP contribution < -0.4 is 0 Å². The van der Waals surface area contributed by atoms with Crippen LogP contribution in [0.3, 0.4) is 0 Å². The molecule has 0 unspecified atom stereocenters. The molecule has 3 atom stereocenters. The summed E-state index contributed by atoms with van der Waals surface area (Å²) in [6.45, 7) is -0.0442. The summed E-state index contributed by atoms with van der Waals surface area (Å²) in [6.07, 6.45) is -3.62. The van der Waals surface area contributed by atoms with Crippen molar-refractivity contribution >= 4 is 5.91 Å². The van der Waals surface area contributed by atoms with Gasteiger partial charge in [-0.1, -0.05) is 0 Å². The van der Waals surface area contributed by atoms with Crippen LogP contribution in [0.4, 0.5) is 22.0 Å². The lowest BCUT2D eigenvalue weighted by Crippen LogP contribution is -2.45. The number of rotatable bonds is 2. The van der Waals surface area contributed by atoms with Crippen molar-refractivity contribution in [1.82, 2.24) is 4.90 Å². The first-order valence-corrected chi connectivity index (χ1v) is 7.58. The topological polar surface area (TPSA) is 20.3 Å². The highest BCUT2D eigenvalue weighted by Gasteiger charge is 2.49. The van der Waals surface area contributed by atoms with Crippen LogP contribution >= 0.6 is 0 Å². The Morgan fingerprint density at radius 2 is 1.96 bits per heavy atom. The number of carbonyl (C=O) groups is 1. The summed E-state index contributed by atoms with van der Waals surface area (Å²) in [5.74, 6) is -4.04. The molecule has 23 heavy (non-hydrogen) atoms. The normalized spacial score (nSPS) is 27.9. The summed E-state index contributed by atoms with van der Waals surface area (Å²) in [6, 6.07) is 3.06. The van der Waals surface area contributed by atoms with Crippen molar-refractivity contribution in [2.24, 2.45) is 11.8 Å². The first-order chi connectivity index (χ1) is 10.8. The van der Waals surface area contributed by atoms with Gasteiger partial charge in [0.05, 0.1) is 5.92 Å². The number of likely N-dealkylation sites (tertiary alicyclic amines) is 1. The minimum absolute atomic E-state index is 0.0277. The van der Waals surface area contributed by atoms with Crippen LogP contribution in [0.15, 0.2) is 18.2 Å². The molecule has 0 aromatic heterocycles. The van der Waals surface area contributed by atoms with E-state index in [-0.39, 0.29) is 24.4 Å². The minimum atomic E-state index is -4.31. The maximum Gasteiger partial charge on any atom is 0.393 e. The van der Waals surface area contributed by atoms with Crippen molar-refractivity contribution in [2.75, 3.05) is 13.1 Å². The van der Waals surface area contributed by atoms with E-state index in [1.165, 1.54) is 4.90 Å². The van der Waals surface area contributed by atoms with Crippen molar-refractivity contribution in [1.29, 1.82) is 0 Å². The number of halogens is 5. The molecule has 2 nitrogen and oxygen atoms in total. The molecule has 1 aliphatic heterocycles. The third kappa shape index (κ3) is 3.33. The number of hydrogen-bond acceptors (Lipinski definition) is 1. The lowest BCUT2D eigenvalue weighted by Gasteiger charge is -2.34. The minimum Gasteiger partial charge on any atom is -0.342 e. The average Bonchev–Trinajstić information content (AvgIpc) is 3.28. The monoisotopic (exact) mass is 333 g/mol. The van der Waals surface area contributed by atoms with Crippen LogP contribution in [0.1, 0.15) is 30.7 Å². The third-order valence-electron chi connectivity index (χ3n) is 4.66. The molecule has 3 rings (SSSR count). The first-order valence-electron chi connectivity index (χ1n) is 7.58. The Balaban J connectivity index is 1.67. The predicted octanol–water partition coefficient (Wildman–Crippen LogP) is 3.87. The number of amides is 1. The number of carbonyl (C=O) groups excluding carboxylic acids is 1. The number of nitrogens with zero attached hydrogens (tertiary/aromatic N) is 1. The van der Waals surface area contributed by atoms with Gasteiger partial charge in [-0.15, -0.1) is 0 Å². The Kier molecular flexibility index (Phi) is 4.06. The number of piperidine rings is 1. The molecule has 0 spiro atoms. The van der Waals surface area contributed by atoms with Crippen LogP contribution in [0.5, 0.6) is 0 Å². The van der Waals surface area contributed by atoms with Gasteiger partial charge in [-0.25, -0.2) is 8.78 Å². The highest BCUT2D eigenvalue weighted by molar-refractivity contribution is 5.83. The Hall–Kier alpha value is -1.66. The van der Waals surface area contributed by atoms with Gasteiger partial charge in [0.25, 0.3) is 0 Å². The standard InChI is InChI=1S/C16H16F5NO/c17-10-3-4-14(18)12(6-10)11-7-13(11)15(23)22-5-1-2-9(8-22)16(19,20)21/h3-4,6,9,11,13H,1-2,5,7-8H2/t9-,11-,13+/m0/s1. The zero-order valence-corrected chi connectivity index (χ0v) is 12.2. The molecule has 1 aromatic rings. The van der Waals surface area contributed by atoms with E-state index in [1.807, 2.05) is 0 Å². The van der Waals surface area contributed by atoms with E-state index in [4.69, 9.17) is 0 Å². The second kappa shape index (κ2) is 5.76. The van der Waals surface area contributed by atoms with E-state index in [2.05, 4.69) is 0 Å². The lowest BCUT2D eigenvalue weighted by atomic mass is 9.97. The van der Waals surface area contributed by atoms with E-state index in [9.17, 15) is 26.7 Å². The summed E-state index contributed by atoms with van der Waals surface area (Å²) in [7, 11) is 0. The van der Waals surface area contributed by atoms with Gasteiger partial charge < -0.3 is 4.90 Å². The second-order valence-corrected chi connectivity index (χ2v) is 6.28. The number of hydrogen-bond donors (Lipinski definition) is 0. The smallest absolute Gasteiger partial charge is 0.342 e. The molecule has 0 bridgehead atoms. The van der Waals surface area contributed by atoms with E-state index >= 15 is 0 Å². The maximum absolute atomic E-state index is 13.7. The summed E-state index contributed by atoms with van der Waals surface area (Å²) < 4.78 is 65.3. The maximum atomic E-state index is 13.7. The summed E-state index contributed by atoms with van der Waals surface area (Å²) in [5, 5.41) is 0. The molecule has 1 amide bonds. The van der Waals surface area contributed by atoms with E-state index in [0.29, 0.717) is 19.4 Å². The molecule has 2 aliphatic rings. The largest absolute Gasteiger partial charge is 0.393 e. The summed E-state index contributed by atoms with van der Waals surface area (Å²) >= 11 is 0. The fourth-order valence-corrected chi connectivity index (χ4v) is 3.29. The van der Waals surface area contributed by atoms with Crippen molar-refractivity contribution in [3.05, 3.63) is 35.4 Å². The van der Waals surface area contributed by atoms with Gasteiger partial charge in [0.2, 0.25) is 5.91 Å². The molecule has 1 heterocycles. The SMILES string of the molecule is O=C([C@@H]1C[C@H]1c1cc(F)ccc1F)N1CCC[C@H](C(F)(F)F)C1. The van der Waals surface area contributed by atoms with Gasteiger partial charge >= 0.3 is 6.18 Å². The fourth-order valence-electron chi connectivity index (χ4n) is 3.29. The highest BCUT2D eigenvalue weighted by Crippen LogP contribution is 2.50. The molecule has 1 aromatic carbocycles. The highest BCUT2D eigenvalue weighted by atomic mass is 19.4. The molecular weight excluding hydrogens is 317 g/mol. The molecule has 1 saturated carbocycles. The van der Waals surface area contributed by atoms with Crippen LogP contribution in [-0.2, 0) is 4.79 Å². The molecule has 126 valence electrons. The van der Waals surface area contributed by atoms with Crippen LogP contribution in [0.25, 0.3) is 0 Å². The van der Waals surface area contributed by atoms with Crippen LogP contribution in [0.2, 0.25) is 0 Å². The molecule has 1 saturated heterocycles. The van der Waals surface area contributed by atoms with Gasteiger partial charge in [0.15, 0.2) is 0 Å². The van der Waals surface area contributed by atoms with Gasteiger partial charge in [-0.3, -0.25) is 4.79 Å². The molecule has 7 heteroatoms. The lowest BCUT2D eigenvalue weighted by molar-refractivity contribution is -0.188. The summed E-state index contributed by atoms with van der Waals surface area (Å²) in [5.41, 5.74) is 0.132. The number of benzene rings is 1.